The lowest BCUT2D eigenvalue weighted by molar-refractivity contribution is 0.0947. The molecule has 1 amide bonds. The molecule has 0 saturated heterocycles. The lowest BCUT2D eigenvalue weighted by Gasteiger charge is -2.07. The number of ether oxygens (including phenoxy) is 2. The number of carbonyl (C=O) groups is 1. The Labute approximate surface area is 140 Å². The Morgan fingerprint density at radius 3 is 2.83 bits per heavy atom. The van der Waals surface area contributed by atoms with Crippen LogP contribution in [0.15, 0.2) is 30.6 Å². The summed E-state index contributed by atoms with van der Waals surface area (Å²) in [6.07, 6.45) is 6.19. The first-order valence-electron chi connectivity index (χ1n) is 8.03. The molecule has 7 heteroatoms. The van der Waals surface area contributed by atoms with Crippen molar-refractivity contribution < 1.29 is 14.3 Å². The van der Waals surface area contributed by atoms with Crippen LogP contribution in [0.4, 0.5) is 11.5 Å². The number of aromatic nitrogens is 2. The van der Waals surface area contributed by atoms with Crippen molar-refractivity contribution in [3.63, 3.8) is 0 Å². The number of anilines is 2. The molecular formula is C17H20N4O3. The number of carbonyl (C=O) groups excluding carboxylic acids is 1. The number of amides is 1. The van der Waals surface area contributed by atoms with Crippen LogP contribution in [0, 0.1) is 0 Å². The second kappa shape index (κ2) is 7.63. The van der Waals surface area contributed by atoms with E-state index >= 15 is 0 Å². The molecule has 0 radical (unpaired) electrons. The highest BCUT2D eigenvalue weighted by Gasteiger charge is 2.13. The predicted octanol–water partition coefficient (Wildman–Crippen LogP) is 2.87. The minimum atomic E-state index is -0.201. The van der Waals surface area contributed by atoms with Crippen molar-refractivity contribution in [2.24, 2.45) is 0 Å². The highest BCUT2D eigenvalue weighted by Crippen LogP contribution is 2.34. The van der Waals surface area contributed by atoms with Crippen molar-refractivity contribution in [3.8, 4) is 11.5 Å². The first-order valence-corrected chi connectivity index (χ1v) is 8.03. The van der Waals surface area contributed by atoms with Crippen molar-refractivity contribution >= 4 is 17.4 Å². The molecule has 0 bridgehead atoms. The van der Waals surface area contributed by atoms with E-state index in [9.17, 15) is 4.79 Å². The SMILES string of the molecule is CCCCCNC(=O)c1cnc(Nc2ccc3c(c2)OCO3)cn1. The van der Waals surface area contributed by atoms with Crippen molar-refractivity contribution in [1.29, 1.82) is 0 Å². The summed E-state index contributed by atoms with van der Waals surface area (Å²) in [6.45, 7) is 3.02. The van der Waals surface area contributed by atoms with E-state index in [4.69, 9.17) is 9.47 Å². The fourth-order valence-electron chi connectivity index (χ4n) is 2.30. The Bertz CT molecular complexity index is 703. The second-order valence-corrected chi connectivity index (χ2v) is 5.44. The van der Waals surface area contributed by atoms with Crippen LogP contribution in [0.2, 0.25) is 0 Å². The van der Waals surface area contributed by atoms with Crippen LogP contribution in [-0.2, 0) is 0 Å². The molecule has 1 aromatic heterocycles. The Balaban J connectivity index is 1.57. The number of hydrogen-bond acceptors (Lipinski definition) is 6. The molecule has 3 rings (SSSR count). The van der Waals surface area contributed by atoms with Gasteiger partial charge in [0.25, 0.3) is 5.91 Å². The van der Waals surface area contributed by atoms with Crippen LogP contribution in [0.1, 0.15) is 36.7 Å². The smallest absolute Gasteiger partial charge is 0.271 e. The van der Waals surface area contributed by atoms with Crippen LogP contribution in [0.3, 0.4) is 0 Å². The molecule has 1 aliphatic rings. The molecule has 2 N–H and O–H groups in total. The zero-order valence-corrected chi connectivity index (χ0v) is 13.5. The molecule has 0 aliphatic carbocycles. The highest BCUT2D eigenvalue weighted by molar-refractivity contribution is 5.92. The Hall–Kier alpha value is -2.83. The molecule has 0 saturated carbocycles. The average Bonchev–Trinajstić information content (AvgIpc) is 3.07. The molecule has 7 nitrogen and oxygen atoms in total. The van der Waals surface area contributed by atoms with Gasteiger partial charge in [-0.1, -0.05) is 19.8 Å². The molecule has 2 heterocycles. The highest BCUT2D eigenvalue weighted by atomic mass is 16.7. The van der Waals surface area contributed by atoms with E-state index in [1.54, 1.807) is 0 Å². The lowest BCUT2D eigenvalue weighted by Crippen LogP contribution is -2.25. The number of unbranched alkanes of at least 4 members (excludes halogenated alkanes) is 2. The first kappa shape index (κ1) is 16.0. The van der Waals surface area contributed by atoms with Crippen LogP contribution < -0.4 is 20.1 Å². The maximum absolute atomic E-state index is 11.9. The van der Waals surface area contributed by atoms with Gasteiger partial charge in [0.2, 0.25) is 6.79 Å². The Kier molecular flexibility index (Phi) is 5.10. The van der Waals surface area contributed by atoms with E-state index in [1.165, 1.54) is 12.4 Å². The third-order valence-corrected chi connectivity index (χ3v) is 3.60. The van der Waals surface area contributed by atoms with Crippen LogP contribution in [-0.4, -0.2) is 29.2 Å². The Morgan fingerprint density at radius 1 is 1.17 bits per heavy atom. The predicted molar refractivity (Wildman–Crippen MR) is 89.7 cm³/mol. The Morgan fingerprint density at radius 2 is 2.04 bits per heavy atom. The summed E-state index contributed by atoms with van der Waals surface area (Å²) in [6, 6.07) is 5.53. The maximum atomic E-state index is 11.9. The van der Waals surface area contributed by atoms with Crippen LogP contribution in [0.5, 0.6) is 11.5 Å². The van der Waals surface area contributed by atoms with Crippen molar-refractivity contribution in [1.82, 2.24) is 15.3 Å². The first-order chi connectivity index (χ1) is 11.8. The third kappa shape index (κ3) is 3.92. The van der Waals surface area contributed by atoms with Crippen LogP contribution in [0.25, 0.3) is 0 Å². The quantitative estimate of drug-likeness (QED) is 0.760. The largest absolute Gasteiger partial charge is 0.454 e. The summed E-state index contributed by atoms with van der Waals surface area (Å²) in [5.74, 6) is 1.77. The van der Waals surface area contributed by atoms with E-state index in [-0.39, 0.29) is 12.7 Å². The zero-order valence-electron chi connectivity index (χ0n) is 13.5. The number of nitrogens with zero attached hydrogens (tertiary/aromatic N) is 2. The van der Waals surface area contributed by atoms with Crippen molar-refractivity contribution in [2.75, 3.05) is 18.7 Å². The van der Waals surface area contributed by atoms with Gasteiger partial charge in [0.15, 0.2) is 11.5 Å². The van der Waals surface area contributed by atoms with Gasteiger partial charge in [0.05, 0.1) is 12.4 Å². The second-order valence-electron chi connectivity index (χ2n) is 5.44. The fourth-order valence-corrected chi connectivity index (χ4v) is 2.30. The van der Waals surface area contributed by atoms with Gasteiger partial charge in [0.1, 0.15) is 11.5 Å². The zero-order chi connectivity index (χ0) is 16.8. The maximum Gasteiger partial charge on any atom is 0.271 e. The topological polar surface area (TPSA) is 85.4 Å². The summed E-state index contributed by atoms with van der Waals surface area (Å²) in [7, 11) is 0. The van der Waals surface area contributed by atoms with E-state index < -0.39 is 0 Å². The van der Waals surface area contributed by atoms with Crippen molar-refractivity contribution in [3.05, 3.63) is 36.3 Å². The average molecular weight is 328 g/mol. The van der Waals surface area contributed by atoms with Crippen molar-refractivity contribution in [2.45, 2.75) is 26.2 Å². The van der Waals surface area contributed by atoms with E-state index in [0.717, 1.165) is 30.7 Å². The minimum Gasteiger partial charge on any atom is -0.454 e. The molecule has 24 heavy (non-hydrogen) atoms. The molecule has 0 unspecified atom stereocenters. The number of hydrogen-bond donors (Lipinski definition) is 2. The molecule has 0 spiro atoms. The number of nitrogens with one attached hydrogen (secondary N) is 2. The van der Waals surface area contributed by atoms with Gasteiger partial charge in [-0.15, -0.1) is 0 Å². The summed E-state index contributed by atoms with van der Waals surface area (Å²) in [5.41, 5.74) is 1.12. The molecule has 2 aromatic rings. The fraction of sp³-hybridized carbons (Fsp3) is 0.353. The lowest BCUT2D eigenvalue weighted by atomic mass is 10.2. The van der Waals surface area contributed by atoms with Gasteiger partial charge in [0, 0.05) is 18.3 Å². The number of rotatable bonds is 7. The standard InChI is InChI=1S/C17H20N4O3/c1-2-3-4-7-18-17(22)13-9-20-16(10-19-13)21-12-5-6-14-15(8-12)24-11-23-14/h5-6,8-10H,2-4,7,11H2,1H3,(H,18,22)(H,20,21). The summed E-state index contributed by atoms with van der Waals surface area (Å²) in [4.78, 5) is 20.3. The summed E-state index contributed by atoms with van der Waals surface area (Å²) in [5, 5.41) is 5.96. The summed E-state index contributed by atoms with van der Waals surface area (Å²) >= 11 is 0. The molecule has 126 valence electrons. The minimum absolute atomic E-state index is 0.201. The monoisotopic (exact) mass is 328 g/mol. The molecule has 1 aromatic carbocycles. The van der Waals surface area contributed by atoms with E-state index in [1.807, 2.05) is 18.2 Å². The molecule has 0 atom stereocenters. The van der Waals surface area contributed by atoms with Gasteiger partial charge in [-0.25, -0.2) is 9.97 Å². The van der Waals surface area contributed by atoms with Crippen LogP contribution >= 0.6 is 0 Å². The van der Waals surface area contributed by atoms with Gasteiger partial charge in [-0.05, 0) is 18.6 Å². The van der Waals surface area contributed by atoms with E-state index in [0.29, 0.717) is 23.8 Å². The molecular weight excluding hydrogens is 308 g/mol. The van der Waals surface area contributed by atoms with Gasteiger partial charge in [-0.2, -0.15) is 0 Å². The normalized spacial score (nSPS) is 12.0. The van der Waals surface area contributed by atoms with Gasteiger partial charge < -0.3 is 20.1 Å². The van der Waals surface area contributed by atoms with Gasteiger partial charge in [-0.3, -0.25) is 4.79 Å². The third-order valence-electron chi connectivity index (χ3n) is 3.60. The summed E-state index contributed by atoms with van der Waals surface area (Å²) < 4.78 is 10.6. The molecule has 0 fully saturated rings. The number of fused-ring (bicyclic) bond motifs is 1. The van der Waals surface area contributed by atoms with Gasteiger partial charge >= 0.3 is 0 Å². The van der Waals surface area contributed by atoms with E-state index in [2.05, 4.69) is 27.5 Å². The number of benzene rings is 1. The molecule has 1 aliphatic heterocycles.